The highest BCUT2D eigenvalue weighted by Gasteiger charge is 2.27. The number of alkyl carbamates (subject to hydrolysis) is 1. The van der Waals surface area contributed by atoms with Crippen LogP contribution in [0.15, 0.2) is 42.5 Å². The van der Waals surface area contributed by atoms with Crippen molar-refractivity contribution in [3.63, 3.8) is 0 Å². The van der Waals surface area contributed by atoms with E-state index in [1.807, 2.05) is 42.5 Å². The molecule has 0 aliphatic carbocycles. The minimum Gasteiger partial charge on any atom is -0.467 e. The number of rotatable bonds is 6. The molecule has 0 aromatic heterocycles. The molecule has 0 fully saturated rings. The Kier molecular flexibility index (Phi) is 7.20. The summed E-state index contributed by atoms with van der Waals surface area (Å²) in [7, 11) is 1.27. The van der Waals surface area contributed by atoms with E-state index in [2.05, 4.69) is 10.6 Å². The van der Waals surface area contributed by atoms with Crippen molar-refractivity contribution in [2.24, 2.45) is 0 Å². The fourth-order valence-corrected chi connectivity index (χ4v) is 2.87. The van der Waals surface area contributed by atoms with Crippen LogP contribution in [0, 0.1) is 0 Å². The van der Waals surface area contributed by atoms with Gasteiger partial charge in [-0.25, -0.2) is 9.59 Å². The minimum absolute atomic E-state index is 0.263. The van der Waals surface area contributed by atoms with Crippen LogP contribution in [-0.2, 0) is 25.5 Å². The molecule has 2 rings (SSSR count). The standard InChI is InChI=1S/C22H28N2O5/c1-14(23-21(27)29-22(2,3)4)19(25)24-18(20(26)28-5)13-16-11-8-10-15-9-6-7-12-17(15)16/h6-12,14,18H,13H2,1-5H3,(H,23,27)(H,24,25)/t14-,18?/m0/s1. The SMILES string of the molecule is COC(=O)C(Cc1cccc2ccccc12)NC(=O)[C@H](C)NC(=O)OC(C)(C)C. The number of hydrogen-bond acceptors (Lipinski definition) is 5. The fraction of sp³-hybridized carbons (Fsp3) is 0.409. The lowest BCUT2D eigenvalue weighted by Crippen LogP contribution is -2.52. The molecule has 2 amide bonds. The van der Waals surface area contributed by atoms with E-state index in [0.29, 0.717) is 0 Å². The van der Waals surface area contributed by atoms with Gasteiger partial charge in [-0.15, -0.1) is 0 Å². The molecule has 0 bridgehead atoms. The highest BCUT2D eigenvalue weighted by molar-refractivity contribution is 5.90. The molecule has 2 atom stereocenters. The Morgan fingerprint density at radius 1 is 1.00 bits per heavy atom. The van der Waals surface area contributed by atoms with Crippen molar-refractivity contribution < 1.29 is 23.9 Å². The van der Waals surface area contributed by atoms with Crippen LogP contribution in [0.3, 0.4) is 0 Å². The Labute approximate surface area is 170 Å². The number of ether oxygens (including phenoxy) is 2. The van der Waals surface area contributed by atoms with Gasteiger partial charge in [-0.05, 0) is 44.0 Å². The normalized spacial score (nSPS) is 13.3. The van der Waals surface area contributed by atoms with Gasteiger partial charge in [0.1, 0.15) is 17.7 Å². The molecule has 0 radical (unpaired) electrons. The number of carbonyl (C=O) groups excluding carboxylic acids is 3. The summed E-state index contributed by atoms with van der Waals surface area (Å²) in [5.41, 5.74) is 0.231. The Hall–Kier alpha value is -3.09. The van der Waals surface area contributed by atoms with Crippen LogP contribution < -0.4 is 10.6 Å². The molecule has 0 aliphatic rings. The molecule has 7 heteroatoms. The van der Waals surface area contributed by atoms with Crippen LogP contribution in [-0.4, -0.2) is 42.8 Å². The van der Waals surface area contributed by atoms with Gasteiger partial charge in [0.15, 0.2) is 0 Å². The lowest BCUT2D eigenvalue weighted by Gasteiger charge is -2.23. The molecule has 0 spiro atoms. The third kappa shape index (κ3) is 6.48. The van der Waals surface area contributed by atoms with Crippen LogP contribution in [0.25, 0.3) is 10.8 Å². The van der Waals surface area contributed by atoms with E-state index in [1.165, 1.54) is 14.0 Å². The summed E-state index contributed by atoms with van der Waals surface area (Å²) in [5.74, 6) is -1.07. The summed E-state index contributed by atoms with van der Waals surface area (Å²) in [6.07, 6.45) is -0.442. The molecule has 156 valence electrons. The predicted molar refractivity (Wildman–Crippen MR) is 110 cm³/mol. The first kappa shape index (κ1) is 22.2. The van der Waals surface area contributed by atoms with Gasteiger partial charge in [0.2, 0.25) is 5.91 Å². The van der Waals surface area contributed by atoms with Crippen molar-refractivity contribution in [2.45, 2.75) is 51.8 Å². The molecule has 2 N–H and O–H groups in total. The Morgan fingerprint density at radius 3 is 2.31 bits per heavy atom. The van der Waals surface area contributed by atoms with E-state index in [4.69, 9.17) is 9.47 Å². The first-order valence-corrected chi connectivity index (χ1v) is 9.45. The fourth-order valence-electron chi connectivity index (χ4n) is 2.87. The molecule has 0 aliphatic heterocycles. The number of esters is 1. The zero-order chi connectivity index (χ0) is 21.6. The summed E-state index contributed by atoms with van der Waals surface area (Å²) in [6, 6.07) is 11.8. The lowest BCUT2D eigenvalue weighted by atomic mass is 9.98. The Balaban J connectivity index is 2.11. The van der Waals surface area contributed by atoms with Crippen molar-refractivity contribution >= 4 is 28.7 Å². The molecule has 29 heavy (non-hydrogen) atoms. The van der Waals surface area contributed by atoms with Crippen LogP contribution >= 0.6 is 0 Å². The maximum Gasteiger partial charge on any atom is 0.408 e. The van der Waals surface area contributed by atoms with Crippen molar-refractivity contribution in [1.82, 2.24) is 10.6 Å². The largest absolute Gasteiger partial charge is 0.467 e. The van der Waals surface area contributed by atoms with E-state index >= 15 is 0 Å². The first-order valence-electron chi connectivity index (χ1n) is 9.45. The monoisotopic (exact) mass is 400 g/mol. The van der Waals surface area contributed by atoms with E-state index in [-0.39, 0.29) is 6.42 Å². The van der Waals surface area contributed by atoms with E-state index in [0.717, 1.165) is 16.3 Å². The molecule has 2 aromatic rings. The number of amides is 2. The molecule has 1 unspecified atom stereocenters. The maximum absolute atomic E-state index is 12.5. The van der Waals surface area contributed by atoms with Gasteiger partial charge < -0.3 is 20.1 Å². The molecule has 0 saturated heterocycles. The number of hydrogen-bond donors (Lipinski definition) is 2. The second-order valence-corrected chi connectivity index (χ2v) is 7.79. The van der Waals surface area contributed by atoms with Gasteiger partial charge in [0.05, 0.1) is 7.11 Å². The van der Waals surface area contributed by atoms with E-state index in [1.54, 1.807) is 20.8 Å². The first-order chi connectivity index (χ1) is 13.6. The van der Waals surface area contributed by atoms with Crippen molar-refractivity contribution in [2.75, 3.05) is 7.11 Å². The number of methoxy groups -OCH3 is 1. The van der Waals surface area contributed by atoms with Gasteiger partial charge >= 0.3 is 12.1 Å². The molecular formula is C22H28N2O5. The minimum atomic E-state index is -0.888. The van der Waals surface area contributed by atoms with E-state index in [9.17, 15) is 14.4 Å². The number of fused-ring (bicyclic) bond motifs is 1. The number of nitrogens with one attached hydrogen (secondary N) is 2. The topological polar surface area (TPSA) is 93.7 Å². The average Bonchev–Trinajstić information content (AvgIpc) is 2.65. The Morgan fingerprint density at radius 2 is 1.66 bits per heavy atom. The maximum atomic E-state index is 12.5. The predicted octanol–water partition coefficient (Wildman–Crippen LogP) is 2.95. The molecule has 7 nitrogen and oxygen atoms in total. The highest BCUT2D eigenvalue weighted by atomic mass is 16.6. The molecule has 0 saturated carbocycles. The third-order valence-electron chi connectivity index (χ3n) is 4.23. The zero-order valence-electron chi connectivity index (χ0n) is 17.4. The van der Waals surface area contributed by atoms with Gasteiger partial charge in [-0.2, -0.15) is 0 Å². The van der Waals surface area contributed by atoms with Crippen LogP contribution in [0.2, 0.25) is 0 Å². The number of benzene rings is 2. The summed E-state index contributed by atoms with van der Waals surface area (Å²) < 4.78 is 10.0. The molecule has 0 heterocycles. The van der Waals surface area contributed by atoms with Crippen molar-refractivity contribution in [3.05, 3.63) is 48.0 Å². The van der Waals surface area contributed by atoms with Gasteiger partial charge in [-0.3, -0.25) is 4.79 Å². The third-order valence-corrected chi connectivity index (χ3v) is 4.23. The van der Waals surface area contributed by atoms with Crippen LogP contribution in [0.4, 0.5) is 4.79 Å². The van der Waals surface area contributed by atoms with Gasteiger partial charge in [0, 0.05) is 6.42 Å². The summed E-state index contributed by atoms with van der Waals surface area (Å²) >= 11 is 0. The molecule has 2 aromatic carbocycles. The lowest BCUT2D eigenvalue weighted by molar-refractivity contribution is -0.145. The highest BCUT2D eigenvalue weighted by Crippen LogP contribution is 2.20. The van der Waals surface area contributed by atoms with E-state index < -0.39 is 35.7 Å². The summed E-state index contributed by atoms with van der Waals surface area (Å²) in [4.78, 5) is 36.7. The Bertz CT molecular complexity index is 883. The second kappa shape index (κ2) is 9.41. The number of carbonyl (C=O) groups is 3. The summed E-state index contributed by atoms with van der Waals surface area (Å²) in [6.45, 7) is 6.71. The van der Waals surface area contributed by atoms with Gasteiger partial charge in [0.25, 0.3) is 0 Å². The summed E-state index contributed by atoms with van der Waals surface area (Å²) in [5, 5.41) is 7.17. The average molecular weight is 400 g/mol. The second-order valence-electron chi connectivity index (χ2n) is 7.79. The van der Waals surface area contributed by atoms with Crippen LogP contribution in [0.1, 0.15) is 33.3 Å². The van der Waals surface area contributed by atoms with Crippen molar-refractivity contribution in [3.8, 4) is 0 Å². The van der Waals surface area contributed by atoms with Crippen LogP contribution in [0.5, 0.6) is 0 Å². The van der Waals surface area contributed by atoms with Crippen molar-refractivity contribution in [1.29, 1.82) is 0 Å². The quantitative estimate of drug-likeness (QED) is 0.727. The van der Waals surface area contributed by atoms with Gasteiger partial charge in [-0.1, -0.05) is 42.5 Å². The zero-order valence-corrected chi connectivity index (χ0v) is 17.4. The smallest absolute Gasteiger partial charge is 0.408 e. The molecular weight excluding hydrogens is 372 g/mol.